The Labute approximate surface area is 205 Å². The van der Waals surface area contributed by atoms with E-state index in [1.165, 1.54) is 27.4 Å². The number of nitrogens with zero attached hydrogens (tertiary/aromatic N) is 6. The van der Waals surface area contributed by atoms with Crippen LogP contribution < -0.4 is 5.56 Å². The molecule has 0 unspecified atom stereocenters. The first-order valence-electron chi connectivity index (χ1n) is 10.9. The van der Waals surface area contributed by atoms with Gasteiger partial charge in [-0.2, -0.15) is 10.2 Å². The lowest BCUT2D eigenvalue weighted by Gasteiger charge is -2.07. The molecule has 12 heteroatoms. The van der Waals surface area contributed by atoms with Crippen molar-refractivity contribution in [1.82, 2.24) is 34.5 Å². The fourth-order valence-electron chi connectivity index (χ4n) is 4.25. The summed E-state index contributed by atoms with van der Waals surface area (Å²) in [6, 6.07) is 5.84. The number of rotatable bonds is 6. The minimum atomic E-state index is -0.368. The average Bonchev–Trinajstić information content (AvgIpc) is 3.62. The molecule has 5 aromatic heterocycles. The quantitative estimate of drug-likeness (QED) is 0.344. The van der Waals surface area contributed by atoms with Crippen LogP contribution in [0.5, 0.6) is 0 Å². The highest BCUT2D eigenvalue weighted by Crippen LogP contribution is 2.32. The van der Waals surface area contributed by atoms with Gasteiger partial charge >= 0.3 is 5.97 Å². The summed E-state index contributed by atoms with van der Waals surface area (Å²) >= 11 is 2.74. The van der Waals surface area contributed by atoms with Crippen molar-refractivity contribution in [2.24, 2.45) is 7.05 Å². The van der Waals surface area contributed by atoms with E-state index in [4.69, 9.17) is 9.72 Å². The molecule has 35 heavy (non-hydrogen) atoms. The molecule has 0 bridgehead atoms. The fraction of sp³-hybridized carbons (Fsp3) is 0.217. The van der Waals surface area contributed by atoms with Crippen molar-refractivity contribution in [1.29, 1.82) is 0 Å². The van der Waals surface area contributed by atoms with Crippen LogP contribution in [0.15, 0.2) is 40.9 Å². The largest absolute Gasteiger partial charge is 0.462 e. The molecule has 6 aromatic rings. The van der Waals surface area contributed by atoms with Crippen LogP contribution in [0, 0.1) is 0 Å². The predicted molar refractivity (Wildman–Crippen MR) is 134 cm³/mol. The predicted octanol–water partition coefficient (Wildman–Crippen LogP) is 3.49. The molecule has 0 saturated heterocycles. The number of hydrogen-bond donors (Lipinski definition) is 1. The Morgan fingerprint density at radius 1 is 1.23 bits per heavy atom. The summed E-state index contributed by atoms with van der Waals surface area (Å²) in [5.41, 5.74) is 5.25. The van der Waals surface area contributed by atoms with E-state index in [0.717, 1.165) is 31.6 Å². The van der Waals surface area contributed by atoms with Crippen LogP contribution in [0.4, 0.5) is 0 Å². The molecule has 0 aliphatic rings. The molecule has 1 N–H and O–H groups in total. The van der Waals surface area contributed by atoms with Gasteiger partial charge in [-0.1, -0.05) is 12.1 Å². The van der Waals surface area contributed by atoms with Crippen molar-refractivity contribution in [3.8, 4) is 0 Å². The first kappa shape index (κ1) is 21.6. The molecule has 0 fully saturated rings. The third-order valence-electron chi connectivity index (χ3n) is 5.89. The molecular weight excluding hydrogens is 486 g/mol. The topological polar surface area (TPSA) is 121 Å². The van der Waals surface area contributed by atoms with Gasteiger partial charge in [0, 0.05) is 24.2 Å². The van der Waals surface area contributed by atoms with Gasteiger partial charge in [-0.15, -0.1) is 22.7 Å². The van der Waals surface area contributed by atoms with Gasteiger partial charge in [-0.3, -0.25) is 9.89 Å². The number of benzene rings is 1. The number of fused-ring (bicyclic) bond motifs is 4. The third-order valence-corrected chi connectivity index (χ3v) is 7.81. The van der Waals surface area contributed by atoms with Crippen molar-refractivity contribution in [3.63, 3.8) is 0 Å². The first-order chi connectivity index (χ1) is 17.0. The Morgan fingerprint density at radius 2 is 2.11 bits per heavy atom. The zero-order valence-corrected chi connectivity index (χ0v) is 20.4. The normalized spacial score (nSPS) is 11.7. The van der Waals surface area contributed by atoms with E-state index >= 15 is 0 Å². The molecule has 0 radical (unpaired) electrons. The summed E-state index contributed by atoms with van der Waals surface area (Å²) < 4.78 is 9.30. The number of H-pyrrole nitrogens is 1. The Kier molecular flexibility index (Phi) is 5.19. The highest BCUT2D eigenvalue weighted by atomic mass is 32.1. The first-order valence-corrected chi connectivity index (χ1v) is 12.6. The second-order valence-corrected chi connectivity index (χ2v) is 9.90. The molecule has 6 rings (SSSR count). The lowest BCUT2D eigenvalue weighted by molar-refractivity contribution is 0.0530. The summed E-state index contributed by atoms with van der Waals surface area (Å²) in [6.07, 6.45) is 3.90. The molecule has 1 aromatic carbocycles. The molecule has 0 amide bonds. The number of ether oxygens (including phenoxy) is 1. The second kappa shape index (κ2) is 8.40. The Balaban J connectivity index is 1.37. The van der Waals surface area contributed by atoms with E-state index in [0.29, 0.717) is 41.3 Å². The number of aromatic amines is 1. The maximum absolute atomic E-state index is 13.4. The maximum Gasteiger partial charge on any atom is 0.350 e. The second-order valence-electron chi connectivity index (χ2n) is 7.96. The van der Waals surface area contributed by atoms with E-state index in [1.54, 1.807) is 24.8 Å². The van der Waals surface area contributed by atoms with Crippen LogP contribution in [0.1, 0.15) is 32.9 Å². The lowest BCUT2D eigenvalue weighted by atomic mass is 10.1. The number of thiazole rings is 2. The van der Waals surface area contributed by atoms with Crippen molar-refractivity contribution in [2.45, 2.75) is 19.9 Å². The summed E-state index contributed by atoms with van der Waals surface area (Å²) in [4.78, 5) is 35.2. The van der Waals surface area contributed by atoms with E-state index in [-0.39, 0.29) is 11.5 Å². The number of aromatic nitrogens is 7. The molecule has 10 nitrogen and oxygen atoms in total. The van der Waals surface area contributed by atoms with Gasteiger partial charge < -0.3 is 9.30 Å². The zero-order valence-electron chi connectivity index (χ0n) is 18.8. The van der Waals surface area contributed by atoms with Crippen LogP contribution in [-0.4, -0.2) is 47.1 Å². The average molecular weight is 506 g/mol. The highest BCUT2D eigenvalue weighted by molar-refractivity contribution is 7.19. The van der Waals surface area contributed by atoms with Crippen molar-refractivity contribution < 1.29 is 9.53 Å². The number of esters is 1. The van der Waals surface area contributed by atoms with E-state index in [9.17, 15) is 9.59 Å². The Morgan fingerprint density at radius 3 is 2.97 bits per heavy atom. The number of carbonyl (C=O) groups is 1. The van der Waals surface area contributed by atoms with Crippen molar-refractivity contribution >= 4 is 60.8 Å². The summed E-state index contributed by atoms with van der Waals surface area (Å²) in [5, 5.41) is 14.0. The SMILES string of the molecule is CCOC(=O)c1scnc1Cc1nc2c(s1)c1cnn(Cc3cccc4[nH]ncc34)c(=O)c1n2C. The van der Waals surface area contributed by atoms with E-state index in [1.807, 2.05) is 29.8 Å². The van der Waals surface area contributed by atoms with Gasteiger partial charge in [-0.25, -0.2) is 19.4 Å². The molecule has 176 valence electrons. The zero-order chi connectivity index (χ0) is 24.1. The van der Waals surface area contributed by atoms with Crippen LogP contribution in [-0.2, 0) is 24.8 Å². The van der Waals surface area contributed by atoms with Gasteiger partial charge in [0.15, 0.2) is 5.65 Å². The van der Waals surface area contributed by atoms with Gasteiger partial charge in [0.25, 0.3) is 5.56 Å². The Hall–Kier alpha value is -3.90. The molecule has 0 aliphatic carbocycles. The van der Waals surface area contributed by atoms with Gasteiger partial charge in [0.2, 0.25) is 0 Å². The highest BCUT2D eigenvalue weighted by Gasteiger charge is 2.21. The van der Waals surface area contributed by atoms with Gasteiger partial charge in [0.05, 0.1) is 47.0 Å². The van der Waals surface area contributed by atoms with Gasteiger partial charge in [0.1, 0.15) is 15.4 Å². The van der Waals surface area contributed by atoms with Crippen LogP contribution in [0.3, 0.4) is 0 Å². The number of carbonyl (C=O) groups excluding carboxylic acids is 1. The van der Waals surface area contributed by atoms with Crippen LogP contribution in [0.25, 0.3) is 32.2 Å². The summed E-state index contributed by atoms with van der Waals surface area (Å²) in [7, 11) is 1.84. The molecular formula is C23H19N7O3S2. The monoisotopic (exact) mass is 505 g/mol. The molecule has 0 saturated carbocycles. The standard InChI is InChI=1S/C23H19N7O3S2/c1-3-33-23(32)20-16(24-11-34-20)7-17-27-21-19(35-17)14-9-26-30(22(31)18(14)29(21)2)10-12-5-4-6-15-13(12)8-25-28-15/h4-6,8-9,11H,3,7,10H2,1-2H3,(H,25,28). The number of aryl methyl sites for hydroxylation is 1. The van der Waals surface area contributed by atoms with E-state index in [2.05, 4.69) is 20.3 Å². The summed E-state index contributed by atoms with van der Waals surface area (Å²) in [5.74, 6) is -0.368. The minimum Gasteiger partial charge on any atom is -0.462 e. The van der Waals surface area contributed by atoms with Crippen LogP contribution >= 0.6 is 22.7 Å². The lowest BCUT2D eigenvalue weighted by Crippen LogP contribution is -2.24. The molecule has 0 atom stereocenters. The number of hydrogen-bond acceptors (Lipinski definition) is 9. The van der Waals surface area contributed by atoms with Crippen molar-refractivity contribution in [3.05, 3.63) is 67.6 Å². The van der Waals surface area contributed by atoms with Crippen molar-refractivity contribution in [2.75, 3.05) is 6.61 Å². The third kappa shape index (κ3) is 3.53. The number of nitrogens with one attached hydrogen (secondary N) is 1. The van der Waals surface area contributed by atoms with Gasteiger partial charge in [-0.05, 0) is 18.6 Å². The summed E-state index contributed by atoms with van der Waals surface area (Å²) in [6.45, 7) is 2.42. The molecule has 5 heterocycles. The van der Waals surface area contributed by atoms with E-state index < -0.39 is 0 Å². The maximum atomic E-state index is 13.4. The molecule has 0 spiro atoms. The Bertz CT molecular complexity index is 1790. The molecule has 0 aliphatic heterocycles. The fourth-order valence-corrected chi connectivity index (χ4v) is 6.06. The van der Waals surface area contributed by atoms with Crippen LogP contribution in [0.2, 0.25) is 0 Å². The minimum absolute atomic E-state index is 0.179. The smallest absolute Gasteiger partial charge is 0.350 e.